The molecular formula is C29H33N3O4. The van der Waals surface area contributed by atoms with Gasteiger partial charge in [0.1, 0.15) is 12.0 Å². The predicted octanol–water partition coefficient (Wildman–Crippen LogP) is 3.14. The standard InChI is InChI=1S/C29H33N3O4/c1-21-12-14-23(15-13-21)18-19-30-29(35)26(17-16-22-8-4-2-5-9-22)31-27(33)25(28(34)32-36)20-24-10-6-3-7-11-24/h2-15,25-26,36H,16-20H2,1H3,(H,30,35)(H,31,33)(H,32,34)/t25?,26-/m0/s1. The fourth-order valence-electron chi connectivity index (χ4n) is 3.94. The maximum Gasteiger partial charge on any atom is 0.256 e. The number of hydrogen-bond acceptors (Lipinski definition) is 4. The molecule has 0 spiro atoms. The van der Waals surface area contributed by atoms with E-state index in [1.165, 1.54) is 5.56 Å². The lowest BCUT2D eigenvalue weighted by molar-refractivity contribution is -0.142. The molecule has 0 fully saturated rings. The molecule has 0 saturated carbocycles. The Morgan fingerprint density at radius 1 is 0.722 bits per heavy atom. The molecule has 3 amide bonds. The Kier molecular flexibility index (Phi) is 10.2. The van der Waals surface area contributed by atoms with Crippen LogP contribution in [0, 0.1) is 12.8 Å². The number of carbonyl (C=O) groups is 3. The van der Waals surface area contributed by atoms with E-state index < -0.39 is 23.8 Å². The fourth-order valence-corrected chi connectivity index (χ4v) is 3.94. The maximum atomic E-state index is 13.1. The van der Waals surface area contributed by atoms with Gasteiger partial charge in [-0.25, -0.2) is 5.48 Å². The molecule has 1 unspecified atom stereocenters. The minimum atomic E-state index is -1.18. The molecule has 2 atom stereocenters. The van der Waals surface area contributed by atoms with E-state index in [0.717, 1.165) is 16.7 Å². The van der Waals surface area contributed by atoms with E-state index in [1.807, 2.05) is 79.7 Å². The van der Waals surface area contributed by atoms with Crippen LogP contribution in [0.3, 0.4) is 0 Å². The average Bonchev–Trinajstić information content (AvgIpc) is 2.91. The van der Waals surface area contributed by atoms with Crippen molar-refractivity contribution in [2.24, 2.45) is 5.92 Å². The first-order valence-corrected chi connectivity index (χ1v) is 12.1. The number of benzene rings is 3. The quantitative estimate of drug-likeness (QED) is 0.179. The van der Waals surface area contributed by atoms with Crippen LogP contribution < -0.4 is 16.1 Å². The van der Waals surface area contributed by atoms with E-state index in [1.54, 1.807) is 17.6 Å². The summed E-state index contributed by atoms with van der Waals surface area (Å²) in [4.78, 5) is 38.5. The van der Waals surface area contributed by atoms with Gasteiger partial charge >= 0.3 is 0 Å². The summed E-state index contributed by atoms with van der Waals surface area (Å²) in [5.41, 5.74) is 5.67. The summed E-state index contributed by atoms with van der Waals surface area (Å²) in [6.07, 6.45) is 1.70. The predicted molar refractivity (Wildman–Crippen MR) is 138 cm³/mol. The largest absolute Gasteiger partial charge is 0.354 e. The molecule has 0 heterocycles. The van der Waals surface area contributed by atoms with E-state index in [-0.39, 0.29) is 12.3 Å². The molecule has 7 nitrogen and oxygen atoms in total. The first kappa shape index (κ1) is 26.6. The van der Waals surface area contributed by atoms with Gasteiger partial charge in [-0.1, -0.05) is 90.5 Å². The zero-order valence-corrected chi connectivity index (χ0v) is 20.4. The van der Waals surface area contributed by atoms with Crippen molar-refractivity contribution in [1.29, 1.82) is 0 Å². The summed E-state index contributed by atoms with van der Waals surface area (Å²) in [7, 11) is 0. The van der Waals surface area contributed by atoms with Crippen molar-refractivity contribution in [3.05, 3.63) is 107 Å². The molecule has 7 heteroatoms. The van der Waals surface area contributed by atoms with E-state index in [2.05, 4.69) is 10.6 Å². The third kappa shape index (κ3) is 8.36. The van der Waals surface area contributed by atoms with Crippen LogP contribution in [0.1, 0.15) is 28.7 Å². The zero-order valence-electron chi connectivity index (χ0n) is 20.4. The molecule has 0 aliphatic heterocycles. The van der Waals surface area contributed by atoms with Crippen LogP contribution in [-0.2, 0) is 33.6 Å². The number of aryl methyl sites for hydroxylation is 2. The van der Waals surface area contributed by atoms with E-state index in [9.17, 15) is 19.6 Å². The topological polar surface area (TPSA) is 108 Å². The van der Waals surface area contributed by atoms with Crippen LogP contribution >= 0.6 is 0 Å². The number of amides is 3. The van der Waals surface area contributed by atoms with Gasteiger partial charge in [0.25, 0.3) is 5.91 Å². The SMILES string of the molecule is Cc1ccc(CCNC(=O)[C@H](CCc2ccccc2)NC(=O)C(Cc2ccccc2)C(=O)NO)cc1. The van der Waals surface area contributed by atoms with Gasteiger partial charge in [0.2, 0.25) is 11.8 Å². The molecule has 0 radical (unpaired) electrons. The highest BCUT2D eigenvalue weighted by Gasteiger charge is 2.30. The number of nitrogens with one attached hydrogen (secondary N) is 3. The van der Waals surface area contributed by atoms with Crippen LogP contribution in [0.4, 0.5) is 0 Å². The van der Waals surface area contributed by atoms with Gasteiger partial charge in [-0.2, -0.15) is 0 Å². The molecule has 3 rings (SSSR count). The van der Waals surface area contributed by atoms with E-state index in [0.29, 0.717) is 25.8 Å². The van der Waals surface area contributed by atoms with Crippen LogP contribution in [0.2, 0.25) is 0 Å². The summed E-state index contributed by atoms with van der Waals surface area (Å²) in [6, 6.07) is 26.0. The third-order valence-corrected chi connectivity index (χ3v) is 6.06. The Morgan fingerprint density at radius 2 is 1.31 bits per heavy atom. The highest BCUT2D eigenvalue weighted by Crippen LogP contribution is 2.12. The molecule has 4 N–H and O–H groups in total. The zero-order chi connectivity index (χ0) is 25.8. The van der Waals surface area contributed by atoms with Crippen LogP contribution in [0.15, 0.2) is 84.9 Å². The van der Waals surface area contributed by atoms with Gasteiger partial charge < -0.3 is 10.6 Å². The Hall–Kier alpha value is -3.97. The Bertz CT molecular complexity index is 1120. The number of rotatable bonds is 12. The molecule has 36 heavy (non-hydrogen) atoms. The van der Waals surface area contributed by atoms with Gasteiger partial charge in [0, 0.05) is 6.54 Å². The monoisotopic (exact) mass is 487 g/mol. The summed E-state index contributed by atoms with van der Waals surface area (Å²) < 4.78 is 0. The van der Waals surface area contributed by atoms with Crippen molar-refractivity contribution < 1.29 is 19.6 Å². The maximum absolute atomic E-state index is 13.1. The second-order valence-electron chi connectivity index (χ2n) is 8.83. The van der Waals surface area contributed by atoms with Gasteiger partial charge in [-0.3, -0.25) is 19.6 Å². The van der Waals surface area contributed by atoms with Crippen molar-refractivity contribution in [3.8, 4) is 0 Å². The van der Waals surface area contributed by atoms with Crippen molar-refractivity contribution in [2.75, 3.05) is 6.54 Å². The molecule has 0 aromatic heterocycles. The van der Waals surface area contributed by atoms with Crippen molar-refractivity contribution in [1.82, 2.24) is 16.1 Å². The summed E-state index contributed by atoms with van der Waals surface area (Å²) in [6.45, 7) is 2.44. The molecule has 0 aliphatic rings. The highest BCUT2D eigenvalue weighted by molar-refractivity contribution is 6.01. The van der Waals surface area contributed by atoms with Crippen molar-refractivity contribution >= 4 is 17.7 Å². The lowest BCUT2D eigenvalue weighted by atomic mass is 9.96. The second kappa shape index (κ2) is 13.8. The second-order valence-corrected chi connectivity index (χ2v) is 8.83. The Morgan fingerprint density at radius 3 is 1.92 bits per heavy atom. The molecule has 188 valence electrons. The first-order valence-electron chi connectivity index (χ1n) is 12.1. The van der Waals surface area contributed by atoms with Crippen molar-refractivity contribution in [2.45, 2.75) is 38.6 Å². The van der Waals surface area contributed by atoms with Gasteiger partial charge in [-0.05, 0) is 49.3 Å². The van der Waals surface area contributed by atoms with Gasteiger partial charge in [-0.15, -0.1) is 0 Å². The smallest absolute Gasteiger partial charge is 0.256 e. The highest BCUT2D eigenvalue weighted by atomic mass is 16.5. The lowest BCUT2D eigenvalue weighted by Gasteiger charge is -2.22. The normalized spacial score (nSPS) is 12.3. The van der Waals surface area contributed by atoms with E-state index in [4.69, 9.17) is 0 Å². The number of hydrogen-bond donors (Lipinski definition) is 4. The molecule has 0 aliphatic carbocycles. The first-order chi connectivity index (χ1) is 17.5. The number of hydroxylamine groups is 1. The average molecular weight is 488 g/mol. The summed E-state index contributed by atoms with van der Waals surface area (Å²) >= 11 is 0. The molecular weight excluding hydrogens is 454 g/mol. The fraction of sp³-hybridized carbons (Fsp3) is 0.276. The van der Waals surface area contributed by atoms with Gasteiger partial charge in [0.05, 0.1) is 0 Å². The third-order valence-electron chi connectivity index (χ3n) is 6.06. The van der Waals surface area contributed by atoms with Crippen LogP contribution in [0.5, 0.6) is 0 Å². The van der Waals surface area contributed by atoms with Crippen LogP contribution in [-0.4, -0.2) is 35.5 Å². The van der Waals surface area contributed by atoms with Crippen LogP contribution in [0.25, 0.3) is 0 Å². The molecule has 3 aromatic rings. The number of carbonyl (C=O) groups excluding carboxylic acids is 3. The molecule has 0 saturated heterocycles. The van der Waals surface area contributed by atoms with Gasteiger partial charge in [0.15, 0.2) is 0 Å². The summed E-state index contributed by atoms with van der Waals surface area (Å²) in [5.74, 6) is -2.93. The van der Waals surface area contributed by atoms with Crippen molar-refractivity contribution in [3.63, 3.8) is 0 Å². The minimum absolute atomic E-state index is 0.0967. The Balaban J connectivity index is 1.68. The summed E-state index contributed by atoms with van der Waals surface area (Å²) in [5, 5.41) is 14.9. The van der Waals surface area contributed by atoms with E-state index >= 15 is 0 Å². The Labute approximate surface area is 211 Å². The molecule has 3 aromatic carbocycles. The lowest BCUT2D eigenvalue weighted by Crippen LogP contribution is -2.51. The molecule has 0 bridgehead atoms. The minimum Gasteiger partial charge on any atom is -0.354 e.